The largest absolute Gasteiger partial charge is 0.477 e. The molecule has 16 aromatic rings. The number of aromatic nitrogens is 11. The smallest absolute Gasteiger partial charge is 0.381 e. The average molecular weight is 2550 g/mol. The van der Waals surface area contributed by atoms with E-state index in [1.807, 2.05) is 103 Å². The van der Waals surface area contributed by atoms with Gasteiger partial charge in [0.05, 0.1) is 60.5 Å². The van der Waals surface area contributed by atoms with Gasteiger partial charge >= 0.3 is 36.0 Å². The topological polar surface area (TPSA) is 372 Å². The SMILES string of the molecule is COC(=O)c1c[c-]c(-c2nc(C)c(C)nc2-c2ccc(C(=O)OC)cc2)cc1.Cc1ccc(-c2nc(C)cnc2-c2[c-]cc(C(F)(F)F)cc2)cc1.Cc1cnc(-c2[c-]cc(F)cc2)c(-c2ccc(F)cc2)n1.O=C(O)c1ccccn1.O=C(O)c1ccccn1.O=C(O)c1ccccn1.O=C(O)c1ccccn1.[C-]#[N+]c1ccc(-c2cc(C)c(C)nc2-c2[c-]cc(C#N)cc2)cc1.[Ir].[Ir].[Ir].[Ir]. The third-order valence-corrected chi connectivity index (χ3v) is 18.5. The molecule has 0 aliphatic heterocycles. The fourth-order valence-electron chi connectivity index (χ4n) is 11.5. The van der Waals surface area contributed by atoms with Gasteiger partial charge in [0, 0.05) is 158 Å². The monoisotopic (exact) mass is 2560 g/mol. The van der Waals surface area contributed by atoms with E-state index in [2.05, 4.69) is 86.1 Å². The Morgan fingerprint density at radius 2 is 0.752 bits per heavy atom. The van der Waals surface area contributed by atoms with Crippen LogP contribution in [-0.4, -0.2) is 125 Å². The molecule has 25 nitrogen and oxygen atoms in total. The minimum absolute atomic E-state index is 0. The van der Waals surface area contributed by atoms with E-state index in [9.17, 15) is 50.7 Å². The van der Waals surface area contributed by atoms with E-state index in [-0.39, 0.29) is 115 Å². The van der Waals surface area contributed by atoms with Crippen LogP contribution in [0, 0.1) is 102 Å². The van der Waals surface area contributed by atoms with Crippen LogP contribution in [0.4, 0.5) is 27.6 Å². The predicted octanol–water partition coefficient (Wildman–Crippen LogP) is 21.6. The van der Waals surface area contributed by atoms with Gasteiger partial charge in [-0.2, -0.15) is 13.2 Å². The van der Waals surface area contributed by atoms with Gasteiger partial charge in [-0.15, -0.1) is 119 Å². The van der Waals surface area contributed by atoms with Crippen LogP contribution >= 0.6 is 0 Å². The molecule has 137 heavy (non-hydrogen) atoms. The van der Waals surface area contributed by atoms with Crippen molar-refractivity contribution in [2.24, 2.45) is 0 Å². The van der Waals surface area contributed by atoms with E-state index in [1.165, 1.54) is 93.6 Å². The third-order valence-electron chi connectivity index (χ3n) is 18.5. The number of carbonyl (C=O) groups is 6. The fraction of sp³-hybridized carbons (Fsp3) is 0.0971. The zero-order chi connectivity index (χ0) is 96.3. The number of carboxylic acids is 4. The van der Waals surface area contributed by atoms with E-state index in [0.29, 0.717) is 73.2 Å². The molecule has 0 saturated carbocycles. The molecule has 0 aliphatic carbocycles. The maximum Gasteiger partial charge on any atom is 0.381 e. The van der Waals surface area contributed by atoms with Gasteiger partial charge in [-0.3, -0.25) is 29.1 Å². The Morgan fingerprint density at radius 1 is 0.387 bits per heavy atom. The molecule has 0 amide bonds. The Bertz CT molecular complexity index is 6420. The van der Waals surface area contributed by atoms with Crippen LogP contribution in [0.3, 0.4) is 0 Å². The first-order chi connectivity index (χ1) is 63.7. The molecule has 16 rings (SSSR count). The second kappa shape index (κ2) is 55.5. The molecule has 0 fully saturated rings. The number of rotatable bonds is 14. The first-order valence-corrected chi connectivity index (χ1v) is 39.6. The van der Waals surface area contributed by atoms with E-state index in [0.717, 1.165) is 90.8 Å². The van der Waals surface area contributed by atoms with Crippen molar-refractivity contribution in [2.75, 3.05) is 14.2 Å². The van der Waals surface area contributed by atoms with Crippen LogP contribution in [0.15, 0.2) is 286 Å². The first-order valence-electron chi connectivity index (χ1n) is 39.6. The number of hydrogen-bond donors (Lipinski definition) is 4. The Hall–Kier alpha value is -15.2. The summed E-state index contributed by atoms with van der Waals surface area (Å²) in [6.45, 7) is 20.5. The maximum atomic E-state index is 13.1. The second-order valence-electron chi connectivity index (χ2n) is 28.0. The molecule has 8 heterocycles. The number of hydrogen-bond acceptors (Lipinski definition) is 20. The molecule has 4 radical (unpaired) electrons. The van der Waals surface area contributed by atoms with Gasteiger partial charge in [-0.05, 0) is 177 Å². The van der Waals surface area contributed by atoms with Crippen LogP contribution in [0.25, 0.3) is 94.8 Å². The van der Waals surface area contributed by atoms with Crippen LogP contribution in [0.5, 0.6) is 0 Å². The number of ether oxygens (including phenoxy) is 2. The molecule has 4 N–H and O–H groups in total. The number of pyridine rings is 5. The predicted molar refractivity (Wildman–Crippen MR) is 486 cm³/mol. The molecular formula is C103H78F5Ir4N13O12-4. The third kappa shape index (κ3) is 33.7. The number of aryl methyl sites for hydroxylation is 7. The summed E-state index contributed by atoms with van der Waals surface area (Å²) in [6.07, 6.45) is 4.64. The summed E-state index contributed by atoms with van der Waals surface area (Å²) in [7, 11) is 2.68. The Labute approximate surface area is 838 Å². The molecule has 34 heteroatoms. The minimum Gasteiger partial charge on any atom is -0.477 e. The molecular weight excluding hydrogens is 2480 g/mol. The summed E-state index contributed by atoms with van der Waals surface area (Å²) in [5.41, 5.74) is 19.5. The molecule has 8 aromatic heterocycles. The Kier molecular flexibility index (Phi) is 45.5. The summed E-state index contributed by atoms with van der Waals surface area (Å²) < 4.78 is 73.7. The van der Waals surface area contributed by atoms with Crippen LogP contribution < -0.4 is 0 Å². The standard InChI is InChI=1S/C22H19N2O4.C21H14N3.C19H14F3N2.C17H11F2N2.4C6H5NO2.4Ir/c1-13-14(2)24-20(16-7-11-18(12-8-16)22(26)28-4)19(23-13)15-5-9-17(10-6-15)21(25)27-3;1-14-12-20(17-8-10-19(23-3)11-9-17)21(24-15(14)2)18-6-4-16(13-22)5-7-18;1-12-3-5-15(6-4-12)18-17(23-11-13(2)24-18)14-7-9-16(10-8-14)19(20,21)22;1-11-10-20-16(12-2-6-14(18)7-3-12)17(21-11)13-4-8-15(19)9-5-13;4*8-6(9)5-3-1-2-4-7-5;;;;/h5-7,9-12H,1-4H3;4-6,8-12H,1-2H3;3-7,9-11H,1-2H3;2,4-10H,1H3;4*1-4H,(H,8,9);;;;/q4*-1;;;;;;;;. The van der Waals surface area contributed by atoms with Gasteiger partial charge < -0.3 is 44.9 Å². The normalized spacial score (nSPS) is 9.87. The van der Waals surface area contributed by atoms with Crippen molar-refractivity contribution in [3.05, 3.63) is 418 Å². The van der Waals surface area contributed by atoms with Crippen molar-refractivity contribution < 1.29 is 161 Å². The van der Waals surface area contributed by atoms with Crippen LogP contribution in [0.1, 0.15) is 113 Å². The van der Waals surface area contributed by atoms with Crippen molar-refractivity contribution in [2.45, 2.75) is 54.6 Å². The van der Waals surface area contributed by atoms with Crippen LogP contribution in [0.2, 0.25) is 0 Å². The van der Waals surface area contributed by atoms with E-state index >= 15 is 0 Å². The van der Waals surface area contributed by atoms with Crippen molar-refractivity contribution >= 4 is 41.5 Å². The van der Waals surface area contributed by atoms with Crippen molar-refractivity contribution in [1.29, 1.82) is 5.26 Å². The maximum absolute atomic E-state index is 13.1. The number of carboxylic acid groups (broad SMARTS) is 4. The van der Waals surface area contributed by atoms with Gasteiger partial charge in [-0.25, -0.2) is 58.4 Å². The number of benzene rings is 8. The molecule has 0 aliphatic rings. The van der Waals surface area contributed by atoms with E-state index in [1.54, 1.807) is 134 Å². The number of methoxy groups -OCH3 is 2. The van der Waals surface area contributed by atoms with Crippen molar-refractivity contribution in [1.82, 2.24) is 54.8 Å². The first kappa shape index (κ1) is 112. The van der Waals surface area contributed by atoms with Gasteiger partial charge in [0.1, 0.15) is 28.6 Å². The summed E-state index contributed by atoms with van der Waals surface area (Å²) in [5, 5.41) is 42.2. The Balaban J connectivity index is 0.000000286. The van der Waals surface area contributed by atoms with Gasteiger partial charge in [0.2, 0.25) is 0 Å². The van der Waals surface area contributed by atoms with Gasteiger partial charge in [0.25, 0.3) is 5.97 Å². The van der Waals surface area contributed by atoms with Gasteiger partial charge in [0.15, 0.2) is 5.69 Å². The zero-order valence-electron chi connectivity index (χ0n) is 73.7. The fourth-order valence-corrected chi connectivity index (χ4v) is 11.5. The summed E-state index contributed by atoms with van der Waals surface area (Å²) in [5.74, 6) is -5.45. The number of aromatic carboxylic acids is 4. The molecule has 8 aromatic carbocycles. The van der Waals surface area contributed by atoms with Crippen molar-refractivity contribution in [3.8, 4) is 96.0 Å². The molecule has 702 valence electrons. The zero-order valence-corrected chi connectivity index (χ0v) is 83.3. The van der Waals surface area contributed by atoms with Crippen LogP contribution in [-0.2, 0) is 96.1 Å². The van der Waals surface area contributed by atoms with Crippen molar-refractivity contribution in [3.63, 3.8) is 0 Å². The summed E-state index contributed by atoms with van der Waals surface area (Å²) in [4.78, 5) is 113. The van der Waals surface area contributed by atoms with Gasteiger partial charge in [-0.1, -0.05) is 109 Å². The molecule has 0 atom stereocenters. The number of carbonyl (C=O) groups excluding carboxylic acids is 2. The number of alkyl halides is 3. The molecule has 0 saturated heterocycles. The number of nitrogens with zero attached hydrogens (tertiary/aromatic N) is 13. The number of halogens is 5. The average Bonchev–Trinajstić information content (AvgIpc) is 0.800. The van der Waals surface area contributed by atoms with E-state index in [4.69, 9.17) is 51.7 Å². The molecule has 0 unspecified atom stereocenters. The number of nitriles is 1. The summed E-state index contributed by atoms with van der Waals surface area (Å²) >= 11 is 0. The molecule has 0 spiro atoms. The second-order valence-corrected chi connectivity index (χ2v) is 28.0. The molecule has 0 bridgehead atoms. The minimum atomic E-state index is -4.38. The van der Waals surface area contributed by atoms with E-state index < -0.39 is 47.6 Å². The summed E-state index contributed by atoms with van der Waals surface area (Å²) in [6, 6.07) is 81.1. The number of esters is 2. The quantitative estimate of drug-likeness (QED) is 0.0446. The Morgan fingerprint density at radius 3 is 1.12 bits per heavy atom.